The Labute approximate surface area is 66.3 Å². The van der Waals surface area contributed by atoms with Gasteiger partial charge in [-0.25, -0.2) is 4.98 Å². The van der Waals surface area contributed by atoms with Gasteiger partial charge in [-0.1, -0.05) is 11.6 Å². The van der Waals surface area contributed by atoms with Gasteiger partial charge in [0.2, 0.25) is 11.5 Å². The first-order valence-electron chi connectivity index (χ1n) is 2.44. The third-order valence-corrected chi connectivity index (χ3v) is 1.36. The van der Waals surface area contributed by atoms with E-state index in [-0.39, 0.29) is 11.5 Å². The average molecular weight is 175 g/mol. The van der Waals surface area contributed by atoms with Crippen LogP contribution in [-0.4, -0.2) is 9.19 Å². The van der Waals surface area contributed by atoms with E-state index in [0.717, 1.165) is 0 Å². The van der Waals surface area contributed by atoms with Crippen molar-refractivity contribution in [3.8, 4) is 0 Å². The van der Waals surface area contributed by atoms with Crippen molar-refractivity contribution in [1.82, 2.24) is 4.98 Å². The van der Waals surface area contributed by atoms with Gasteiger partial charge in [-0.2, -0.15) is 8.57 Å². The second-order valence-corrected chi connectivity index (χ2v) is 2.22. The smallest absolute Gasteiger partial charge is 0.205 e. The van der Waals surface area contributed by atoms with E-state index in [1.165, 1.54) is 6.20 Å². The highest BCUT2D eigenvalue weighted by atomic mass is 35.5. The predicted molar refractivity (Wildman–Crippen MR) is 39.5 cm³/mol. The minimum Gasteiger partial charge on any atom is -0.242 e. The zero-order chi connectivity index (χ0) is 7.40. The molecule has 10 heavy (non-hydrogen) atoms. The fourth-order valence-corrected chi connectivity index (χ4v) is 0.771. The molecule has 0 aliphatic carbocycles. The lowest BCUT2D eigenvalue weighted by Gasteiger charge is -1.87. The number of rotatable bonds is 1. The highest BCUT2D eigenvalue weighted by Crippen LogP contribution is 2.11. The van der Waals surface area contributed by atoms with Gasteiger partial charge in [0.1, 0.15) is 5.15 Å². The molecule has 0 radical (unpaired) electrons. The lowest BCUT2D eigenvalue weighted by molar-refractivity contribution is 0.698. The van der Waals surface area contributed by atoms with Crippen molar-refractivity contribution in [3.05, 3.63) is 23.5 Å². The summed E-state index contributed by atoms with van der Waals surface area (Å²) in [4.78, 5) is 3.72. The predicted octanol–water partition coefficient (Wildman–Crippen LogP) is 1.76. The van der Waals surface area contributed by atoms with Gasteiger partial charge in [0, 0.05) is 0 Å². The van der Waals surface area contributed by atoms with Gasteiger partial charge in [0.05, 0.1) is 11.9 Å². The van der Waals surface area contributed by atoms with Crippen LogP contribution in [-0.2, 0) is 11.5 Å². The van der Waals surface area contributed by atoms with Crippen LogP contribution in [0.25, 0.3) is 0 Å². The molecule has 5 heteroatoms. The SMILES string of the molecule is O=S=Nc1ccc(Cl)nc1. The van der Waals surface area contributed by atoms with Gasteiger partial charge in [-0.3, -0.25) is 0 Å². The van der Waals surface area contributed by atoms with Crippen LogP contribution < -0.4 is 0 Å². The maximum absolute atomic E-state index is 9.87. The van der Waals surface area contributed by atoms with E-state index in [2.05, 4.69) is 9.35 Å². The molecule has 0 aliphatic rings. The molecule has 0 saturated carbocycles. The van der Waals surface area contributed by atoms with Crippen molar-refractivity contribution in [2.45, 2.75) is 0 Å². The Kier molecular flexibility index (Phi) is 2.53. The zero-order valence-corrected chi connectivity index (χ0v) is 6.39. The van der Waals surface area contributed by atoms with E-state index in [0.29, 0.717) is 10.8 Å². The quantitative estimate of drug-likeness (QED) is 0.609. The molecular formula is C5H3ClN2OS. The molecule has 1 heterocycles. The number of halogens is 1. The number of nitrogens with zero attached hydrogens (tertiary/aromatic N) is 2. The Morgan fingerprint density at radius 3 is 2.90 bits per heavy atom. The fraction of sp³-hybridized carbons (Fsp3) is 0. The number of aromatic nitrogens is 1. The second kappa shape index (κ2) is 3.43. The molecule has 0 aliphatic heterocycles. The van der Waals surface area contributed by atoms with E-state index >= 15 is 0 Å². The van der Waals surface area contributed by atoms with Crippen molar-refractivity contribution in [2.75, 3.05) is 0 Å². The van der Waals surface area contributed by atoms with Crippen molar-refractivity contribution < 1.29 is 4.21 Å². The van der Waals surface area contributed by atoms with E-state index in [1.54, 1.807) is 12.1 Å². The summed E-state index contributed by atoms with van der Waals surface area (Å²) in [5, 5.41) is 0.398. The Morgan fingerprint density at radius 1 is 1.60 bits per heavy atom. The first kappa shape index (κ1) is 7.37. The fourth-order valence-electron chi connectivity index (χ4n) is 0.465. The summed E-state index contributed by atoms with van der Waals surface area (Å²) in [5.41, 5.74) is 0.532. The maximum Gasteiger partial charge on any atom is 0.205 e. The van der Waals surface area contributed by atoms with Crippen molar-refractivity contribution in [1.29, 1.82) is 0 Å². The van der Waals surface area contributed by atoms with Crippen LogP contribution in [0.3, 0.4) is 0 Å². The molecule has 0 bridgehead atoms. The van der Waals surface area contributed by atoms with Crippen molar-refractivity contribution in [3.63, 3.8) is 0 Å². The molecule has 1 aromatic rings. The van der Waals surface area contributed by atoms with Crippen LogP contribution in [0, 0.1) is 0 Å². The Balaban J connectivity index is 3.00. The maximum atomic E-state index is 9.87. The molecule has 3 nitrogen and oxygen atoms in total. The van der Waals surface area contributed by atoms with Crippen LogP contribution in [0.2, 0.25) is 5.15 Å². The zero-order valence-electron chi connectivity index (χ0n) is 4.82. The molecule has 52 valence electrons. The van der Waals surface area contributed by atoms with Gasteiger partial charge in [-0.05, 0) is 12.1 Å². The van der Waals surface area contributed by atoms with Crippen LogP contribution in [0.1, 0.15) is 0 Å². The Morgan fingerprint density at radius 2 is 2.40 bits per heavy atom. The molecule has 0 aromatic carbocycles. The summed E-state index contributed by atoms with van der Waals surface area (Å²) >= 11 is 5.63. The summed E-state index contributed by atoms with van der Waals surface area (Å²) < 4.78 is 13.4. The topological polar surface area (TPSA) is 42.3 Å². The van der Waals surface area contributed by atoms with E-state index < -0.39 is 0 Å². The summed E-state index contributed by atoms with van der Waals surface area (Å²) in [6.07, 6.45) is 1.44. The van der Waals surface area contributed by atoms with Gasteiger partial charge in [0.25, 0.3) is 0 Å². The first-order valence-corrected chi connectivity index (χ1v) is 3.52. The molecule has 0 unspecified atom stereocenters. The van der Waals surface area contributed by atoms with Crippen LogP contribution in [0.15, 0.2) is 22.7 Å². The van der Waals surface area contributed by atoms with Crippen LogP contribution in [0.4, 0.5) is 5.69 Å². The molecule has 0 amide bonds. The molecule has 0 saturated heterocycles. The molecule has 1 rings (SSSR count). The Hall–Kier alpha value is -0.740. The minimum atomic E-state index is 0.152. The van der Waals surface area contributed by atoms with Crippen molar-refractivity contribution >= 4 is 28.8 Å². The monoisotopic (exact) mass is 174 g/mol. The molecule has 0 atom stereocenters. The third kappa shape index (κ3) is 1.89. The third-order valence-electron chi connectivity index (χ3n) is 0.854. The van der Waals surface area contributed by atoms with Crippen LogP contribution in [0.5, 0.6) is 0 Å². The number of hydrogen-bond acceptors (Lipinski definition) is 3. The summed E-state index contributed by atoms with van der Waals surface area (Å²) in [5.74, 6) is 0. The van der Waals surface area contributed by atoms with E-state index in [4.69, 9.17) is 11.6 Å². The summed E-state index contributed by atoms with van der Waals surface area (Å²) in [6, 6.07) is 3.21. The second-order valence-electron chi connectivity index (χ2n) is 1.50. The average Bonchev–Trinajstić information content (AvgIpc) is 1.95. The van der Waals surface area contributed by atoms with E-state index in [1.807, 2.05) is 0 Å². The van der Waals surface area contributed by atoms with Gasteiger partial charge >= 0.3 is 0 Å². The largest absolute Gasteiger partial charge is 0.242 e. The van der Waals surface area contributed by atoms with Crippen LogP contribution >= 0.6 is 11.6 Å². The standard InChI is InChI=1S/C5H3ClN2OS/c6-5-2-1-4(3-7-5)8-10-9/h1-3H. The van der Waals surface area contributed by atoms with E-state index in [9.17, 15) is 4.21 Å². The number of pyridine rings is 1. The van der Waals surface area contributed by atoms with Crippen molar-refractivity contribution in [2.24, 2.45) is 4.36 Å². The molecule has 0 N–H and O–H groups in total. The summed E-state index contributed by atoms with van der Waals surface area (Å²) in [7, 11) is 0. The Bertz CT molecular complexity index is 267. The normalized spacial score (nSPS) is 8.90. The molecule has 0 spiro atoms. The highest BCUT2D eigenvalue weighted by molar-refractivity contribution is 7.54. The lowest BCUT2D eigenvalue weighted by Crippen LogP contribution is -1.70. The lowest BCUT2D eigenvalue weighted by atomic mass is 10.4. The summed E-state index contributed by atoms with van der Waals surface area (Å²) in [6.45, 7) is 0. The number of hydrogen-bond donors (Lipinski definition) is 0. The molecular weight excluding hydrogens is 172 g/mol. The molecule has 1 aromatic heterocycles. The van der Waals surface area contributed by atoms with Gasteiger partial charge in [0.15, 0.2) is 0 Å². The van der Waals surface area contributed by atoms with Gasteiger partial charge in [-0.15, -0.1) is 0 Å². The minimum absolute atomic E-state index is 0.152. The first-order chi connectivity index (χ1) is 4.83. The van der Waals surface area contributed by atoms with Gasteiger partial charge < -0.3 is 0 Å². The highest BCUT2D eigenvalue weighted by Gasteiger charge is 1.88. The molecule has 0 fully saturated rings.